The Balaban J connectivity index is 2.23. The van der Waals surface area contributed by atoms with Crippen molar-refractivity contribution in [2.45, 2.75) is 59.5 Å². The van der Waals surface area contributed by atoms with Gasteiger partial charge >= 0.3 is 0 Å². The van der Waals surface area contributed by atoms with Gasteiger partial charge in [-0.25, -0.2) is 8.42 Å². The highest BCUT2D eigenvalue weighted by Crippen LogP contribution is 2.30. The molecule has 0 saturated carbocycles. The number of likely N-dealkylation sites (N-methyl/N-ethyl adjacent to an activating group) is 1. The van der Waals surface area contributed by atoms with Crippen molar-refractivity contribution >= 4 is 27.5 Å². The molecule has 2 amide bonds. The zero-order valence-corrected chi connectivity index (χ0v) is 22.8. The maximum Gasteiger partial charge on any atom is 0.242 e. The monoisotopic (exact) mass is 517 g/mol. The lowest BCUT2D eigenvalue weighted by atomic mass is 10.1. The molecule has 0 aliphatic rings. The van der Waals surface area contributed by atoms with Crippen LogP contribution in [0, 0.1) is 6.92 Å². The van der Waals surface area contributed by atoms with E-state index >= 15 is 0 Å². The standard InChI is InChI=1S/C27H39N3O5S/c1-6-23(27(32)28-7-2)29(20-22-17-15-21(4)16-18-22)26(31)14-11-19-30(36(5,33)34)24-12-9-10-13-25(24)35-8-3/h9-10,12-13,15-18,23H,6-8,11,14,19-20H2,1-5H3,(H,28,32). The number of hydrogen-bond donors (Lipinski definition) is 1. The third kappa shape index (κ3) is 8.26. The van der Waals surface area contributed by atoms with E-state index in [1.165, 1.54) is 4.31 Å². The Morgan fingerprint density at radius 3 is 2.28 bits per heavy atom. The van der Waals surface area contributed by atoms with E-state index in [1.807, 2.05) is 52.0 Å². The van der Waals surface area contributed by atoms with Crippen molar-refractivity contribution in [3.63, 3.8) is 0 Å². The Hall–Kier alpha value is -3.07. The van der Waals surface area contributed by atoms with E-state index in [1.54, 1.807) is 29.2 Å². The molecule has 198 valence electrons. The number of benzene rings is 2. The Bertz CT molecular complexity index is 1100. The van der Waals surface area contributed by atoms with Crippen molar-refractivity contribution in [2.75, 3.05) is 30.3 Å². The van der Waals surface area contributed by atoms with Gasteiger partial charge in [-0.05, 0) is 51.3 Å². The fourth-order valence-corrected chi connectivity index (χ4v) is 4.99. The molecule has 0 aliphatic heterocycles. The van der Waals surface area contributed by atoms with Gasteiger partial charge in [-0.3, -0.25) is 13.9 Å². The molecule has 9 heteroatoms. The number of aryl methyl sites for hydroxylation is 1. The summed E-state index contributed by atoms with van der Waals surface area (Å²) in [6, 6.07) is 14.2. The number of hydrogen-bond acceptors (Lipinski definition) is 5. The van der Waals surface area contributed by atoms with Gasteiger partial charge in [-0.15, -0.1) is 0 Å². The molecule has 36 heavy (non-hydrogen) atoms. The zero-order valence-electron chi connectivity index (χ0n) is 22.0. The number of para-hydroxylation sites is 2. The molecule has 0 saturated heterocycles. The van der Waals surface area contributed by atoms with E-state index < -0.39 is 16.1 Å². The lowest BCUT2D eigenvalue weighted by molar-refractivity contribution is -0.141. The maximum absolute atomic E-state index is 13.4. The van der Waals surface area contributed by atoms with Gasteiger partial charge in [0.15, 0.2) is 0 Å². The summed E-state index contributed by atoms with van der Waals surface area (Å²) in [5, 5.41) is 2.83. The van der Waals surface area contributed by atoms with Crippen molar-refractivity contribution < 1.29 is 22.7 Å². The second-order valence-corrected chi connectivity index (χ2v) is 10.6. The lowest BCUT2D eigenvalue weighted by Crippen LogP contribution is -2.49. The number of rotatable bonds is 14. The van der Waals surface area contributed by atoms with E-state index in [0.717, 1.165) is 17.4 Å². The minimum atomic E-state index is -3.61. The molecule has 0 heterocycles. The summed E-state index contributed by atoms with van der Waals surface area (Å²) in [5.74, 6) is 0.0871. The van der Waals surface area contributed by atoms with Gasteiger partial charge in [0.25, 0.3) is 0 Å². The molecule has 0 bridgehead atoms. The van der Waals surface area contributed by atoms with Crippen LogP contribution >= 0.6 is 0 Å². The first-order chi connectivity index (χ1) is 17.1. The van der Waals surface area contributed by atoms with Gasteiger partial charge in [0, 0.05) is 26.1 Å². The first kappa shape index (κ1) is 29.2. The Morgan fingerprint density at radius 2 is 1.69 bits per heavy atom. The average molecular weight is 518 g/mol. The molecule has 2 aromatic rings. The van der Waals surface area contributed by atoms with Crippen LogP contribution < -0.4 is 14.4 Å². The number of carbonyl (C=O) groups excluding carboxylic acids is 2. The molecule has 1 N–H and O–H groups in total. The highest BCUT2D eigenvalue weighted by molar-refractivity contribution is 7.92. The first-order valence-corrected chi connectivity index (χ1v) is 14.3. The van der Waals surface area contributed by atoms with Crippen molar-refractivity contribution in [2.24, 2.45) is 0 Å². The summed E-state index contributed by atoms with van der Waals surface area (Å²) in [5.41, 5.74) is 2.49. The van der Waals surface area contributed by atoms with Crippen LogP contribution in [0.3, 0.4) is 0 Å². The van der Waals surface area contributed by atoms with Gasteiger partial charge in [0.05, 0.1) is 18.6 Å². The summed E-state index contributed by atoms with van der Waals surface area (Å²) in [7, 11) is -3.61. The third-order valence-electron chi connectivity index (χ3n) is 5.80. The molecule has 0 fully saturated rings. The fraction of sp³-hybridized carbons (Fsp3) is 0.481. The first-order valence-electron chi connectivity index (χ1n) is 12.4. The fourth-order valence-electron chi connectivity index (χ4n) is 4.02. The molecule has 0 aliphatic carbocycles. The Kier molecular flexibility index (Phi) is 11.2. The lowest BCUT2D eigenvalue weighted by Gasteiger charge is -2.31. The highest BCUT2D eigenvalue weighted by atomic mass is 32.2. The summed E-state index contributed by atoms with van der Waals surface area (Å²) >= 11 is 0. The SMILES string of the molecule is CCNC(=O)C(CC)N(Cc1ccc(C)cc1)C(=O)CCCN(c1ccccc1OCC)S(C)(=O)=O. The summed E-state index contributed by atoms with van der Waals surface area (Å²) < 4.78 is 32.1. The molecule has 0 radical (unpaired) electrons. The molecule has 0 aromatic heterocycles. The van der Waals surface area contributed by atoms with Gasteiger partial charge in [-0.2, -0.15) is 0 Å². The summed E-state index contributed by atoms with van der Waals surface area (Å²) in [6.45, 7) is 8.85. The Labute approximate surface area is 215 Å². The summed E-state index contributed by atoms with van der Waals surface area (Å²) in [4.78, 5) is 27.8. The number of carbonyl (C=O) groups is 2. The van der Waals surface area contributed by atoms with Gasteiger partial charge in [-0.1, -0.05) is 48.9 Å². The van der Waals surface area contributed by atoms with Crippen molar-refractivity contribution in [1.29, 1.82) is 0 Å². The predicted molar refractivity (Wildman–Crippen MR) is 144 cm³/mol. The molecule has 8 nitrogen and oxygen atoms in total. The number of nitrogens with one attached hydrogen (secondary N) is 1. The molecule has 1 unspecified atom stereocenters. The topological polar surface area (TPSA) is 96.0 Å². The minimum absolute atomic E-state index is 0.102. The second kappa shape index (κ2) is 13.9. The second-order valence-electron chi connectivity index (χ2n) is 8.67. The number of sulfonamides is 1. The summed E-state index contributed by atoms with van der Waals surface area (Å²) in [6.07, 6.45) is 2.01. The molecular formula is C27H39N3O5S. The normalized spacial score (nSPS) is 12.0. The quantitative estimate of drug-likeness (QED) is 0.410. The van der Waals surface area contributed by atoms with Crippen LogP contribution in [0.4, 0.5) is 5.69 Å². The largest absolute Gasteiger partial charge is 0.492 e. The molecule has 0 spiro atoms. The van der Waals surface area contributed by atoms with Crippen LogP contribution in [0.15, 0.2) is 48.5 Å². The van der Waals surface area contributed by atoms with Crippen LogP contribution in [0.2, 0.25) is 0 Å². The van der Waals surface area contributed by atoms with Crippen molar-refractivity contribution in [1.82, 2.24) is 10.2 Å². The van der Waals surface area contributed by atoms with Crippen LogP contribution in [0.25, 0.3) is 0 Å². The van der Waals surface area contributed by atoms with E-state index in [4.69, 9.17) is 4.74 Å². The Morgan fingerprint density at radius 1 is 1.03 bits per heavy atom. The zero-order chi connectivity index (χ0) is 26.7. The van der Waals surface area contributed by atoms with Gasteiger partial charge in [0.2, 0.25) is 21.8 Å². The third-order valence-corrected chi connectivity index (χ3v) is 6.98. The van der Waals surface area contributed by atoms with E-state index in [0.29, 0.717) is 44.0 Å². The molecule has 1 atom stereocenters. The van der Waals surface area contributed by atoms with Crippen LogP contribution in [-0.4, -0.2) is 57.1 Å². The molecule has 2 rings (SSSR count). The van der Waals surface area contributed by atoms with Crippen molar-refractivity contribution in [3.8, 4) is 5.75 Å². The molecule has 2 aromatic carbocycles. The van der Waals surface area contributed by atoms with Gasteiger partial charge in [0.1, 0.15) is 11.8 Å². The van der Waals surface area contributed by atoms with E-state index in [9.17, 15) is 18.0 Å². The number of nitrogens with zero attached hydrogens (tertiary/aromatic N) is 2. The smallest absolute Gasteiger partial charge is 0.242 e. The van der Waals surface area contributed by atoms with E-state index in [2.05, 4.69) is 5.32 Å². The van der Waals surface area contributed by atoms with E-state index in [-0.39, 0.29) is 24.8 Å². The minimum Gasteiger partial charge on any atom is -0.492 e. The van der Waals surface area contributed by atoms with Gasteiger partial charge < -0.3 is 15.0 Å². The van der Waals surface area contributed by atoms with Crippen molar-refractivity contribution in [3.05, 3.63) is 59.7 Å². The number of amides is 2. The number of anilines is 1. The predicted octanol–water partition coefficient (Wildman–Crippen LogP) is 3.88. The number of ether oxygens (including phenoxy) is 1. The average Bonchev–Trinajstić information content (AvgIpc) is 2.83. The highest BCUT2D eigenvalue weighted by Gasteiger charge is 2.29. The maximum atomic E-state index is 13.4. The molecular weight excluding hydrogens is 478 g/mol. The van der Waals surface area contributed by atoms with Crippen LogP contribution in [0.5, 0.6) is 5.75 Å². The van der Waals surface area contributed by atoms with Crippen LogP contribution in [-0.2, 0) is 26.2 Å². The van der Waals surface area contributed by atoms with Crippen LogP contribution in [0.1, 0.15) is 51.2 Å².